The first kappa shape index (κ1) is 13.3. The van der Waals surface area contributed by atoms with Crippen molar-refractivity contribution in [3.8, 4) is 0 Å². The van der Waals surface area contributed by atoms with E-state index in [2.05, 4.69) is 9.88 Å². The molecule has 1 fully saturated rings. The Labute approximate surface area is 108 Å². The van der Waals surface area contributed by atoms with E-state index in [1.165, 1.54) is 0 Å². The molecular formula is C13H21N3O2. The van der Waals surface area contributed by atoms with Gasteiger partial charge < -0.3 is 20.5 Å². The topological polar surface area (TPSA) is 71.6 Å². The Morgan fingerprint density at radius 3 is 2.89 bits per heavy atom. The minimum Gasteiger partial charge on any atom is -0.394 e. The number of aliphatic hydroxyl groups excluding tert-OH is 1. The maximum Gasteiger partial charge on any atom is 0.133 e. The van der Waals surface area contributed by atoms with E-state index in [1.807, 2.05) is 18.3 Å². The van der Waals surface area contributed by atoms with Crippen LogP contribution in [0.5, 0.6) is 0 Å². The van der Waals surface area contributed by atoms with Crippen LogP contribution in [0.1, 0.15) is 18.4 Å². The van der Waals surface area contributed by atoms with Gasteiger partial charge in [-0.15, -0.1) is 0 Å². The number of pyridine rings is 1. The molecular weight excluding hydrogens is 230 g/mol. The quantitative estimate of drug-likeness (QED) is 0.798. The number of piperidine rings is 1. The zero-order chi connectivity index (χ0) is 12.8. The van der Waals surface area contributed by atoms with Crippen LogP contribution in [0.2, 0.25) is 0 Å². The second-order valence-corrected chi connectivity index (χ2v) is 4.47. The maximum absolute atomic E-state index is 8.74. The third-order valence-corrected chi connectivity index (χ3v) is 3.27. The molecule has 0 bridgehead atoms. The molecule has 0 radical (unpaired) electrons. The SMILES string of the molecule is NCc1cccnc1N1CCC(OCCO)CC1. The molecule has 1 aromatic heterocycles. The summed E-state index contributed by atoms with van der Waals surface area (Å²) in [5.41, 5.74) is 6.82. The van der Waals surface area contributed by atoms with Crippen molar-refractivity contribution in [2.45, 2.75) is 25.5 Å². The Hall–Kier alpha value is -1.17. The summed E-state index contributed by atoms with van der Waals surface area (Å²) in [7, 11) is 0. The van der Waals surface area contributed by atoms with Crippen molar-refractivity contribution in [1.29, 1.82) is 0 Å². The normalized spacial score (nSPS) is 17.1. The predicted molar refractivity (Wildman–Crippen MR) is 70.4 cm³/mol. The van der Waals surface area contributed by atoms with Crippen LogP contribution >= 0.6 is 0 Å². The molecule has 5 nitrogen and oxygen atoms in total. The van der Waals surface area contributed by atoms with Crippen LogP contribution in [0.25, 0.3) is 0 Å². The van der Waals surface area contributed by atoms with Crippen molar-refractivity contribution in [3.63, 3.8) is 0 Å². The van der Waals surface area contributed by atoms with E-state index in [9.17, 15) is 0 Å². The summed E-state index contributed by atoms with van der Waals surface area (Å²) in [5.74, 6) is 1.00. The number of anilines is 1. The highest BCUT2D eigenvalue weighted by Crippen LogP contribution is 2.22. The van der Waals surface area contributed by atoms with Crippen molar-refractivity contribution < 1.29 is 9.84 Å². The van der Waals surface area contributed by atoms with Crippen LogP contribution in [-0.2, 0) is 11.3 Å². The Morgan fingerprint density at radius 2 is 2.22 bits per heavy atom. The maximum atomic E-state index is 8.74. The van der Waals surface area contributed by atoms with Gasteiger partial charge in [0.05, 0.1) is 19.3 Å². The Balaban J connectivity index is 1.92. The largest absolute Gasteiger partial charge is 0.394 e. The first-order valence-corrected chi connectivity index (χ1v) is 6.46. The van der Waals surface area contributed by atoms with Crippen LogP contribution in [0, 0.1) is 0 Å². The highest BCUT2D eigenvalue weighted by molar-refractivity contribution is 5.46. The molecule has 0 unspecified atom stereocenters. The molecule has 2 heterocycles. The summed E-state index contributed by atoms with van der Waals surface area (Å²) < 4.78 is 5.55. The summed E-state index contributed by atoms with van der Waals surface area (Å²) in [6.45, 7) is 2.91. The lowest BCUT2D eigenvalue weighted by molar-refractivity contribution is 0.0158. The van der Waals surface area contributed by atoms with Gasteiger partial charge in [-0.2, -0.15) is 0 Å². The Kier molecular flexibility index (Phi) is 4.92. The number of nitrogens with zero attached hydrogens (tertiary/aromatic N) is 2. The molecule has 18 heavy (non-hydrogen) atoms. The molecule has 0 spiro atoms. The van der Waals surface area contributed by atoms with Crippen molar-refractivity contribution in [2.75, 3.05) is 31.2 Å². The number of nitrogens with two attached hydrogens (primary N) is 1. The number of aromatic nitrogens is 1. The highest BCUT2D eigenvalue weighted by Gasteiger charge is 2.21. The van der Waals surface area contributed by atoms with Crippen LogP contribution in [0.15, 0.2) is 18.3 Å². The van der Waals surface area contributed by atoms with Gasteiger partial charge in [0.1, 0.15) is 5.82 Å². The number of rotatable bonds is 5. The van der Waals surface area contributed by atoms with Crippen molar-refractivity contribution in [1.82, 2.24) is 4.98 Å². The molecule has 1 aliphatic heterocycles. The molecule has 0 aromatic carbocycles. The molecule has 2 rings (SSSR count). The second kappa shape index (κ2) is 6.68. The molecule has 0 atom stereocenters. The first-order valence-electron chi connectivity index (χ1n) is 6.46. The van der Waals surface area contributed by atoms with E-state index in [0.29, 0.717) is 13.2 Å². The monoisotopic (exact) mass is 251 g/mol. The number of ether oxygens (including phenoxy) is 1. The van der Waals surface area contributed by atoms with E-state index in [0.717, 1.165) is 37.3 Å². The zero-order valence-corrected chi connectivity index (χ0v) is 10.6. The fraction of sp³-hybridized carbons (Fsp3) is 0.615. The molecule has 1 aromatic rings. The average molecular weight is 251 g/mol. The summed E-state index contributed by atoms with van der Waals surface area (Å²) in [6, 6.07) is 3.94. The fourth-order valence-corrected chi connectivity index (χ4v) is 2.33. The van der Waals surface area contributed by atoms with Gasteiger partial charge in [0.2, 0.25) is 0 Å². The highest BCUT2D eigenvalue weighted by atomic mass is 16.5. The summed E-state index contributed by atoms with van der Waals surface area (Å²) in [4.78, 5) is 6.69. The third kappa shape index (κ3) is 3.19. The minimum atomic E-state index is 0.0950. The van der Waals surface area contributed by atoms with Crippen molar-refractivity contribution >= 4 is 5.82 Å². The van der Waals surface area contributed by atoms with Gasteiger partial charge in [-0.05, 0) is 18.9 Å². The number of hydrogen-bond acceptors (Lipinski definition) is 5. The average Bonchev–Trinajstić information content (AvgIpc) is 2.45. The van der Waals surface area contributed by atoms with E-state index < -0.39 is 0 Å². The molecule has 0 saturated carbocycles. The third-order valence-electron chi connectivity index (χ3n) is 3.27. The lowest BCUT2D eigenvalue weighted by Crippen LogP contribution is -2.38. The van der Waals surface area contributed by atoms with Gasteiger partial charge in [-0.3, -0.25) is 0 Å². The molecule has 0 amide bonds. The van der Waals surface area contributed by atoms with Crippen molar-refractivity contribution in [2.24, 2.45) is 5.73 Å². The van der Waals surface area contributed by atoms with Gasteiger partial charge in [0.25, 0.3) is 0 Å². The summed E-state index contributed by atoms with van der Waals surface area (Å²) in [6.07, 6.45) is 4.02. The van der Waals surface area contributed by atoms with Crippen LogP contribution in [-0.4, -0.2) is 42.5 Å². The minimum absolute atomic E-state index is 0.0950. The van der Waals surface area contributed by atoms with Gasteiger partial charge in [0, 0.05) is 31.4 Å². The van der Waals surface area contributed by atoms with Gasteiger partial charge >= 0.3 is 0 Å². The standard InChI is InChI=1S/C13H21N3O2/c14-10-11-2-1-5-15-13(11)16-6-3-12(4-7-16)18-9-8-17/h1-2,5,12,17H,3-4,6-10,14H2. The van der Waals surface area contributed by atoms with Crippen LogP contribution in [0.3, 0.4) is 0 Å². The summed E-state index contributed by atoms with van der Waals surface area (Å²) in [5, 5.41) is 8.74. The van der Waals surface area contributed by atoms with E-state index in [-0.39, 0.29) is 12.7 Å². The van der Waals surface area contributed by atoms with Gasteiger partial charge in [-0.25, -0.2) is 4.98 Å². The number of aliphatic hydroxyl groups is 1. The fourth-order valence-electron chi connectivity index (χ4n) is 2.33. The Bertz CT molecular complexity index is 365. The molecule has 3 N–H and O–H groups in total. The summed E-state index contributed by atoms with van der Waals surface area (Å²) >= 11 is 0. The lowest BCUT2D eigenvalue weighted by atomic mass is 10.1. The zero-order valence-electron chi connectivity index (χ0n) is 10.6. The predicted octanol–water partition coefficient (Wildman–Crippen LogP) is 0.518. The van der Waals surface area contributed by atoms with Crippen molar-refractivity contribution in [3.05, 3.63) is 23.9 Å². The smallest absolute Gasteiger partial charge is 0.133 e. The van der Waals surface area contributed by atoms with Gasteiger partial charge in [0.15, 0.2) is 0 Å². The molecule has 1 aliphatic rings. The van der Waals surface area contributed by atoms with E-state index in [4.69, 9.17) is 15.6 Å². The molecule has 5 heteroatoms. The Morgan fingerprint density at radius 1 is 1.44 bits per heavy atom. The second-order valence-electron chi connectivity index (χ2n) is 4.47. The first-order chi connectivity index (χ1) is 8.85. The van der Waals surface area contributed by atoms with E-state index >= 15 is 0 Å². The van der Waals surface area contributed by atoms with E-state index in [1.54, 1.807) is 0 Å². The molecule has 100 valence electrons. The lowest BCUT2D eigenvalue weighted by Gasteiger charge is -2.33. The van der Waals surface area contributed by atoms with Crippen LogP contribution in [0.4, 0.5) is 5.82 Å². The molecule has 0 aliphatic carbocycles. The van der Waals surface area contributed by atoms with Gasteiger partial charge in [-0.1, -0.05) is 6.07 Å². The number of hydrogen-bond donors (Lipinski definition) is 2. The van der Waals surface area contributed by atoms with Crippen LogP contribution < -0.4 is 10.6 Å². The molecule has 1 saturated heterocycles.